The maximum atomic E-state index is 12.0. The zero-order valence-corrected chi connectivity index (χ0v) is 9.99. The number of nitrogens with two attached hydrogens (primary N) is 1. The molecule has 0 spiro atoms. The summed E-state index contributed by atoms with van der Waals surface area (Å²) in [4.78, 5) is 13.8. The van der Waals surface area contributed by atoms with Gasteiger partial charge in [0.25, 0.3) is 0 Å². The largest absolute Gasteiger partial charge is 0.337 e. The van der Waals surface area contributed by atoms with Crippen LogP contribution in [0.15, 0.2) is 11.6 Å². The van der Waals surface area contributed by atoms with E-state index in [0.29, 0.717) is 5.92 Å². The zero-order chi connectivity index (χ0) is 11.4. The smallest absolute Gasteiger partial charge is 0.239 e. The monoisotopic (exact) mass is 210 g/mol. The van der Waals surface area contributed by atoms with E-state index in [9.17, 15) is 4.79 Å². The average Bonchev–Trinajstić information content (AvgIpc) is 2.15. The van der Waals surface area contributed by atoms with E-state index >= 15 is 0 Å². The third kappa shape index (κ3) is 3.67. The first-order chi connectivity index (χ1) is 7.00. The molecule has 0 aromatic heterocycles. The second-order valence-corrected chi connectivity index (χ2v) is 4.83. The molecule has 1 atom stereocenters. The van der Waals surface area contributed by atoms with Crippen molar-refractivity contribution in [2.45, 2.75) is 39.7 Å². The molecule has 0 fully saturated rings. The van der Waals surface area contributed by atoms with Gasteiger partial charge in [0.15, 0.2) is 0 Å². The average molecular weight is 210 g/mol. The van der Waals surface area contributed by atoms with Crippen molar-refractivity contribution in [3.63, 3.8) is 0 Å². The van der Waals surface area contributed by atoms with Gasteiger partial charge >= 0.3 is 0 Å². The fourth-order valence-corrected chi connectivity index (χ4v) is 1.94. The molecule has 15 heavy (non-hydrogen) atoms. The number of hydrogen-bond donors (Lipinski definition) is 1. The Morgan fingerprint density at radius 2 is 2.27 bits per heavy atom. The molecule has 0 bridgehead atoms. The van der Waals surface area contributed by atoms with Crippen LogP contribution in [0.1, 0.15) is 33.6 Å². The number of hydrogen-bond acceptors (Lipinski definition) is 2. The van der Waals surface area contributed by atoms with Crippen molar-refractivity contribution < 1.29 is 4.79 Å². The molecular formula is C12H22N2O. The summed E-state index contributed by atoms with van der Waals surface area (Å²) in [5.41, 5.74) is 7.15. The van der Waals surface area contributed by atoms with E-state index in [4.69, 9.17) is 5.73 Å². The van der Waals surface area contributed by atoms with Crippen LogP contribution in [-0.2, 0) is 4.79 Å². The van der Waals surface area contributed by atoms with E-state index in [1.165, 1.54) is 5.57 Å². The molecule has 86 valence electrons. The highest BCUT2D eigenvalue weighted by Crippen LogP contribution is 2.12. The molecule has 3 nitrogen and oxygen atoms in total. The van der Waals surface area contributed by atoms with E-state index in [2.05, 4.69) is 26.8 Å². The van der Waals surface area contributed by atoms with Gasteiger partial charge in [-0.15, -0.1) is 0 Å². The second-order valence-electron chi connectivity index (χ2n) is 4.83. The lowest BCUT2D eigenvalue weighted by Crippen LogP contribution is -2.46. The van der Waals surface area contributed by atoms with Gasteiger partial charge in [0.05, 0.1) is 6.04 Å². The summed E-state index contributed by atoms with van der Waals surface area (Å²) < 4.78 is 0. The minimum absolute atomic E-state index is 0.108. The quantitative estimate of drug-likeness (QED) is 0.718. The normalized spacial score (nSPS) is 19.0. The van der Waals surface area contributed by atoms with Crippen LogP contribution in [0.3, 0.4) is 0 Å². The van der Waals surface area contributed by atoms with Crippen molar-refractivity contribution in [2.75, 3.05) is 13.1 Å². The van der Waals surface area contributed by atoms with Crippen LogP contribution in [-0.4, -0.2) is 29.9 Å². The Morgan fingerprint density at radius 3 is 2.80 bits per heavy atom. The molecule has 0 radical (unpaired) electrons. The summed E-state index contributed by atoms with van der Waals surface area (Å²) in [7, 11) is 0. The van der Waals surface area contributed by atoms with Gasteiger partial charge in [-0.25, -0.2) is 0 Å². The van der Waals surface area contributed by atoms with Crippen LogP contribution in [0.2, 0.25) is 0 Å². The van der Waals surface area contributed by atoms with Gasteiger partial charge in [-0.05, 0) is 25.7 Å². The highest BCUT2D eigenvalue weighted by molar-refractivity contribution is 5.82. The Hall–Kier alpha value is -0.830. The summed E-state index contributed by atoms with van der Waals surface area (Å²) in [5, 5.41) is 0. The molecule has 1 aliphatic heterocycles. The molecule has 1 heterocycles. The Balaban J connectivity index is 2.49. The first-order valence-corrected chi connectivity index (χ1v) is 5.70. The molecule has 3 heteroatoms. The van der Waals surface area contributed by atoms with Crippen molar-refractivity contribution in [1.82, 2.24) is 4.90 Å². The predicted molar refractivity (Wildman–Crippen MR) is 62.4 cm³/mol. The minimum Gasteiger partial charge on any atom is -0.337 e. The van der Waals surface area contributed by atoms with Crippen molar-refractivity contribution in [1.29, 1.82) is 0 Å². The molecular weight excluding hydrogens is 188 g/mol. The number of amides is 1. The highest BCUT2D eigenvalue weighted by atomic mass is 16.2. The van der Waals surface area contributed by atoms with Crippen molar-refractivity contribution in [3.05, 3.63) is 11.6 Å². The van der Waals surface area contributed by atoms with Gasteiger partial charge in [-0.2, -0.15) is 0 Å². The van der Waals surface area contributed by atoms with E-state index in [0.717, 1.165) is 25.9 Å². The molecule has 1 aliphatic rings. The van der Waals surface area contributed by atoms with Crippen molar-refractivity contribution in [3.8, 4) is 0 Å². The Bertz CT molecular complexity index is 258. The highest BCUT2D eigenvalue weighted by Gasteiger charge is 2.22. The fourth-order valence-electron chi connectivity index (χ4n) is 1.94. The first-order valence-electron chi connectivity index (χ1n) is 5.70. The lowest BCUT2D eigenvalue weighted by molar-refractivity contribution is -0.132. The summed E-state index contributed by atoms with van der Waals surface area (Å²) in [6.07, 6.45) is 3.93. The molecule has 0 aromatic rings. The fraction of sp³-hybridized carbons (Fsp3) is 0.750. The van der Waals surface area contributed by atoms with Crippen LogP contribution in [0.5, 0.6) is 0 Å². The number of rotatable bonds is 3. The van der Waals surface area contributed by atoms with Gasteiger partial charge in [-0.3, -0.25) is 4.79 Å². The van der Waals surface area contributed by atoms with Crippen molar-refractivity contribution >= 4 is 5.91 Å². The predicted octanol–water partition coefficient (Wildman–Crippen LogP) is 1.54. The minimum atomic E-state index is -0.323. The maximum absolute atomic E-state index is 12.0. The topological polar surface area (TPSA) is 46.3 Å². The Morgan fingerprint density at radius 1 is 1.60 bits per heavy atom. The lowest BCUT2D eigenvalue weighted by atomic mass is 10.0. The van der Waals surface area contributed by atoms with Gasteiger partial charge in [0.1, 0.15) is 0 Å². The Labute approximate surface area is 92.3 Å². The molecule has 0 saturated carbocycles. The molecule has 1 rings (SSSR count). The SMILES string of the molecule is CC1=CCCN(C(=O)[C@@H](N)CC(C)C)C1. The maximum Gasteiger partial charge on any atom is 0.239 e. The third-order valence-corrected chi connectivity index (χ3v) is 2.69. The van der Waals surface area contributed by atoms with E-state index in [1.807, 2.05) is 4.90 Å². The van der Waals surface area contributed by atoms with Crippen LogP contribution in [0.25, 0.3) is 0 Å². The molecule has 0 aliphatic carbocycles. The van der Waals surface area contributed by atoms with Gasteiger partial charge in [-0.1, -0.05) is 25.5 Å². The molecule has 1 amide bonds. The van der Waals surface area contributed by atoms with Gasteiger partial charge < -0.3 is 10.6 Å². The van der Waals surface area contributed by atoms with Crippen LogP contribution < -0.4 is 5.73 Å². The standard InChI is InChI=1S/C12H22N2O/c1-9(2)7-11(13)12(15)14-6-4-5-10(3)8-14/h5,9,11H,4,6-8,13H2,1-3H3/t11-/m0/s1. The van der Waals surface area contributed by atoms with Crippen molar-refractivity contribution in [2.24, 2.45) is 11.7 Å². The van der Waals surface area contributed by atoms with E-state index in [1.54, 1.807) is 0 Å². The summed E-state index contributed by atoms with van der Waals surface area (Å²) in [5.74, 6) is 0.585. The number of carbonyl (C=O) groups excluding carboxylic acids is 1. The number of nitrogens with zero attached hydrogens (tertiary/aromatic N) is 1. The molecule has 0 aromatic carbocycles. The first kappa shape index (κ1) is 12.2. The zero-order valence-electron chi connectivity index (χ0n) is 9.99. The van der Waals surface area contributed by atoms with Crippen LogP contribution >= 0.6 is 0 Å². The Kier molecular flexibility index (Phi) is 4.33. The van der Waals surface area contributed by atoms with Gasteiger partial charge in [0, 0.05) is 13.1 Å². The summed E-state index contributed by atoms with van der Waals surface area (Å²) in [6.45, 7) is 7.82. The van der Waals surface area contributed by atoms with Gasteiger partial charge in [0.2, 0.25) is 5.91 Å². The summed E-state index contributed by atoms with van der Waals surface area (Å²) >= 11 is 0. The molecule has 2 N–H and O–H groups in total. The lowest BCUT2D eigenvalue weighted by Gasteiger charge is -2.29. The van der Waals surface area contributed by atoms with E-state index < -0.39 is 0 Å². The summed E-state index contributed by atoms with van der Waals surface area (Å²) in [6, 6.07) is -0.323. The number of carbonyl (C=O) groups is 1. The van der Waals surface area contributed by atoms with Crippen LogP contribution in [0, 0.1) is 5.92 Å². The second kappa shape index (κ2) is 5.31. The molecule has 0 unspecified atom stereocenters. The molecule has 0 saturated heterocycles. The van der Waals surface area contributed by atoms with Crippen LogP contribution in [0.4, 0.5) is 0 Å². The third-order valence-electron chi connectivity index (χ3n) is 2.69. The van der Waals surface area contributed by atoms with E-state index in [-0.39, 0.29) is 11.9 Å².